The highest BCUT2D eigenvalue weighted by atomic mass is 35.5. The molecule has 5 nitrogen and oxygen atoms in total. The number of thiophene rings is 1. The lowest BCUT2D eigenvalue weighted by molar-refractivity contribution is 0.554. The third kappa shape index (κ3) is 3.71. The summed E-state index contributed by atoms with van der Waals surface area (Å²) in [6.45, 7) is 6.37. The summed E-state index contributed by atoms with van der Waals surface area (Å²) < 4.78 is 29.6. The summed E-state index contributed by atoms with van der Waals surface area (Å²) in [7, 11) is -3.62. The number of hydrogen-bond donors (Lipinski definition) is 1. The first-order chi connectivity index (χ1) is 12.3. The number of hydrogen-bond acceptors (Lipinski definition) is 4. The number of benzene rings is 1. The van der Waals surface area contributed by atoms with Crippen LogP contribution in [0, 0.1) is 20.8 Å². The molecule has 1 N–H and O–H groups in total. The molecule has 2 aromatic heterocycles. The summed E-state index contributed by atoms with van der Waals surface area (Å²) in [4.78, 5) is 0.206. The first-order valence-electron chi connectivity index (χ1n) is 8.12. The Morgan fingerprint density at radius 3 is 2.69 bits per heavy atom. The van der Waals surface area contributed by atoms with Crippen molar-refractivity contribution in [3.05, 3.63) is 57.0 Å². The van der Waals surface area contributed by atoms with Gasteiger partial charge in [0.25, 0.3) is 0 Å². The quantitative estimate of drug-likeness (QED) is 0.664. The maximum atomic E-state index is 12.5. The van der Waals surface area contributed by atoms with E-state index < -0.39 is 10.0 Å². The van der Waals surface area contributed by atoms with Gasteiger partial charge >= 0.3 is 0 Å². The van der Waals surface area contributed by atoms with Gasteiger partial charge in [-0.1, -0.05) is 17.7 Å². The molecular formula is C18H20ClN3O2S2. The molecule has 0 unspecified atom stereocenters. The molecule has 0 atom stereocenters. The molecule has 0 saturated carbocycles. The molecule has 8 heteroatoms. The van der Waals surface area contributed by atoms with Crippen LogP contribution >= 0.6 is 22.9 Å². The predicted octanol–water partition coefficient (Wildman–Crippen LogP) is 4.17. The average Bonchev–Trinajstić information content (AvgIpc) is 3.18. The van der Waals surface area contributed by atoms with E-state index in [1.807, 2.05) is 23.9 Å². The first-order valence-corrected chi connectivity index (χ1v) is 10.9. The molecule has 0 radical (unpaired) electrons. The molecule has 1 aromatic carbocycles. The third-order valence-electron chi connectivity index (χ3n) is 4.31. The van der Waals surface area contributed by atoms with Crippen LogP contribution in [0.4, 0.5) is 0 Å². The second kappa shape index (κ2) is 7.52. The van der Waals surface area contributed by atoms with Gasteiger partial charge in [0.1, 0.15) is 0 Å². The van der Waals surface area contributed by atoms with Crippen LogP contribution in [-0.4, -0.2) is 24.7 Å². The Bertz CT molecular complexity index is 1030. The molecule has 0 fully saturated rings. The fourth-order valence-electron chi connectivity index (χ4n) is 2.98. The summed E-state index contributed by atoms with van der Waals surface area (Å²) in [6, 6.07) is 6.94. The number of aromatic nitrogens is 2. The monoisotopic (exact) mass is 409 g/mol. The number of nitrogens with zero attached hydrogens (tertiary/aromatic N) is 2. The lowest BCUT2D eigenvalue weighted by atomic mass is 10.1. The van der Waals surface area contributed by atoms with Gasteiger partial charge in [-0.05, 0) is 60.9 Å². The van der Waals surface area contributed by atoms with Crippen molar-refractivity contribution in [3.8, 4) is 11.1 Å². The molecule has 0 saturated heterocycles. The Morgan fingerprint density at radius 1 is 1.23 bits per heavy atom. The minimum atomic E-state index is -3.62. The lowest BCUT2D eigenvalue weighted by Crippen LogP contribution is -2.28. The minimum Gasteiger partial charge on any atom is -0.268 e. The van der Waals surface area contributed by atoms with E-state index in [2.05, 4.69) is 21.3 Å². The van der Waals surface area contributed by atoms with Crippen molar-refractivity contribution in [1.82, 2.24) is 14.5 Å². The molecule has 3 aromatic rings. The minimum absolute atomic E-state index is 0.206. The van der Waals surface area contributed by atoms with E-state index in [4.69, 9.17) is 11.6 Å². The Morgan fingerprint density at radius 2 is 2.00 bits per heavy atom. The summed E-state index contributed by atoms with van der Waals surface area (Å²) in [5.41, 5.74) is 4.77. The molecule has 0 aliphatic carbocycles. The molecule has 0 spiro atoms. The largest absolute Gasteiger partial charge is 0.268 e. The van der Waals surface area contributed by atoms with Gasteiger partial charge in [-0.15, -0.1) is 0 Å². The van der Waals surface area contributed by atoms with Gasteiger partial charge in [0.15, 0.2) is 0 Å². The SMILES string of the molecule is Cc1nn(CCNS(=O)(=O)c2cccc(Cl)c2C)c(C)c1-c1ccsc1. The predicted molar refractivity (Wildman–Crippen MR) is 106 cm³/mol. The van der Waals surface area contributed by atoms with Crippen molar-refractivity contribution >= 4 is 33.0 Å². The number of aryl methyl sites for hydroxylation is 1. The van der Waals surface area contributed by atoms with Crippen molar-refractivity contribution < 1.29 is 8.42 Å². The molecule has 138 valence electrons. The molecule has 26 heavy (non-hydrogen) atoms. The summed E-state index contributed by atoms with van der Waals surface area (Å²) in [6.07, 6.45) is 0. The van der Waals surface area contributed by atoms with Crippen LogP contribution in [0.3, 0.4) is 0 Å². The van der Waals surface area contributed by atoms with Gasteiger partial charge in [0, 0.05) is 22.8 Å². The lowest BCUT2D eigenvalue weighted by Gasteiger charge is -2.11. The first kappa shape index (κ1) is 19.1. The second-order valence-electron chi connectivity index (χ2n) is 6.04. The highest BCUT2D eigenvalue weighted by Gasteiger charge is 2.18. The van der Waals surface area contributed by atoms with Gasteiger partial charge < -0.3 is 0 Å². The summed E-state index contributed by atoms with van der Waals surface area (Å²) in [5, 5.41) is 9.12. The molecule has 0 bridgehead atoms. The zero-order valence-corrected chi connectivity index (χ0v) is 17.2. The Labute approximate surface area is 162 Å². The van der Waals surface area contributed by atoms with Crippen molar-refractivity contribution in [3.63, 3.8) is 0 Å². The number of nitrogens with one attached hydrogen (secondary N) is 1. The molecule has 0 aliphatic heterocycles. The smallest absolute Gasteiger partial charge is 0.240 e. The van der Waals surface area contributed by atoms with Crippen molar-refractivity contribution in [2.24, 2.45) is 0 Å². The van der Waals surface area contributed by atoms with Crippen LogP contribution in [0.5, 0.6) is 0 Å². The molecule has 0 amide bonds. The second-order valence-corrected chi connectivity index (χ2v) is 8.96. The topological polar surface area (TPSA) is 64.0 Å². The van der Waals surface area contributed by atoms with Crippen LogP contribution in [0.1, 0.15) is 17.0 Å². The fraction of sp³-hybridized carbons (Fsp3) is 0.278. The number of halogens is 1. The van der Waals surface area contributed by atoms with Crippen molar-refractivity contribution in [2.75, 3.05) is 6.54 Å². The van der Waals surface area contributed by atoms with E-state index in [9.17, 15) is 8.42 Å². The fourth-order valence-corrected chi connectivity index (χ4v) is 5.15. The molecular weight excluding hydrogens is 390 g/mol. The highest BCUT2D eigenvalue weighted by Crippen LogP contribution is 2.28. The van der Waals surface area contributed by atoms with Crippen LogP contribution in [0.25, 0.3) is 11.1 Å². The maximum absolute atomic E-state index is 12.5. The average molecular weight is 410 g/mol. The van der Waals surface area contributed by atoms with Crippen LogP contribution in [0.2, 0.25) is 5.02 Å². The number of sulfonamides is 1. The van der Waals surface area contributed by atoms with E-state index in [1.54, 1.807) is 36.5 Å². The van der Waals surface area contributed by atoms with E-state index in [0.29, 0.717) is 17.1 Å². The zero-order valence-electron chi connectivity index (χ0n) is 14.8. The molecule has 3 rings (SSSR count). The van der Waals surface area contributed by atoms with Crippen molar-refractivity contribution in [1.29, 1.82) is 0 Å². The summed E-state index contributed by atoms with van der Waals surface area (Å²) >= 11 is 7.68. The van der Waals surface area contributed by atoms with Crippen LogP contribution in [-0.2, 0) is 16.6 Å². The van der Waals surface area contributed by atoms with E-state index in [1.165, 1.54) is 0 Å². The number of rotatable bonds is 6. The van der Waals surface area contributed by atoms with Gasteiger partial charge in [-0.25, -0.2) is 13.1 Å². The van der Waals surface area contributed by atoms with E-state index in [-0.39, 0.29) is 11.4 Å². The van der Waals surface area contributed by atoms with Crippen LogP contribution in [0.15, 0.2) is 39.9 Å². The third-order valence-corrected chi connectivity index (χ3v) is 7.01. The molecule has 2 heterocycles. The van der Waals surface area contributed by atoms with Gasteiger partial charge in [-0.2, -0.15) is 16.4 Å². The Balaban J connectivity index is 1.74. The standard InChI is InChI=1S/C18H20ClN3O2S2/c1-12-16(19)5-4-6-17(12)26(23,24)20-8-9-22-14(3)18(13(2)21-22)15-7-10-25-11-15/h4-7,10-11,20H,8-9H2,1-3H3. The van der Waals surface area contributed by atoms with E-state index >= 15 is 0 Å². The highest BCUT2D eigenvalue weighted by molar-refractivity contribution is 7.89. The normalized spacial score (nSPS) is 11.8. The van der Waals surface area contributed by atoms with Crippen LogP contribution < -0.4 is 4.72 Å². The molecule has 0 aliphatic rings. The Hall–Kier alpha value is -1.67. The van der Waals surface area contributed by atoms with Gasteiger partial charge in [-0.3, -0.25) is 4.68 Å². The van der Waals surface area contributed by atoms with Gasteiger partial charge in [0.2, 0.25) is 10.0 Å². The van der Waals surface area contributed by atoms with E-state index in [0.717, 1.165) is 22.5 Å². The van der Waals surface area contributed by atoms with Gasteiger partial charge in [0.05, 0.1) is 17.1 Å². The summed E-state index contributed by atoms with van der Waals surface area (Å²) in [5.74, 6) is 0. The van der Waals surface area contributed by atoms with Crippen molar-refractivity contribution in [2.45, 2.75) is 32.2 Å². The Kier molecular flexibility index (Phi) is 5.53. The zero-order chi connectivity index (χ0) is 18.9. The maximum Gasteiger partial charge on any atom is 0.240 e.